The summed E-state index contributed by atoms with van der Waals surface area (Å²) in [6.45, 7) is 1.76. The third-order valence-electron chi connectivity index (χ3n) is 4.16. The van der Waals surface area contributed by atoms with Crippen LogP contribution in [0.2, 0.25) is 0 Å². The van der Waals surface area contributed by atoms with Gasteiger partial charge >= 0.3 is 0 Å². The number of carbonyl (C=O) groups excluding carboxylic acids is 2. The molecule has 1 saturated carbocycles. The van der Waals surface area contributed by atoms with Crippen molar-refractivity contribution >= 4 is 17.5 Å². The highest BCUT2D eigenvalue weighted by Crippen LogP contribution is 2.46. The van der Waals surface area contributed by atoms with E-state index in [-0.39, 0.29) is 18.2 Å². The number of benzene rings is 1. The average molecular weight is 318 g/mol. The van der Waals surface area contributed by atoms with E-state index in [1.54, 1.807) is 12.1 Å². The summed E-state index contributed by atoms with van der Waals surface area (Å²) in [5.74, 6) is 0.632. The second-order valence-electron chi connectivity index (χ2n) is 6.12. The summed E-state index contributed by atoms with van der Waals surface area (Å²) in [6, 6.07) is 5.44. The molecule has 0 radical (unpaired) electrons. The van der Waals surface area contributed by atoms with Gasteiger partial charge in [0.25, 0.3) is 5.79 Å². The highest BCUT2D eigenvalue weighted by atomic mass is 16.7. The third kappa shape index (κ3) is 3.75. The minimum Gasteiger partial charge on any atom is -0.448 e. The first-order valence-corrected chi connectivity index (χ1v) is 8.13. The fourth-order valence-corrected chi connectivity index (χ4v) is 3.04. The first-order valence-electron chi connectivity index (χ1n) is 8.13. The number of ether oxygens (including phenoxy) is 2. The number of carbonyl (C=O) groups is 2. The van der Waals surface area contributed by atoms with E-state index in [0.29, 0.717) is 18.0 Å². The maximum atomic E-state index is 11.9. The molecule has 0 unspecified atom stereocenters. The summed E-state index contributed by atoms with van der Waals surface area (Å²) in [5, 5.41) is 5.41. The molecule has 2 aliphatic rings. The zero-order chi connectivity index (χ0) is 16.3. The summed E-state index contributed by atoms with van der Waals surface area (Å²) in [4.78, 5) is 22.6. The fraction of sp³-hybridized carbons (Fsp3) is 0.529. The Bertz CT molecular complexity index is 609. The van der Waals surface area contributed by atoms with Gasteiger partial charge in [0, 0.05) is 44.5 Å². The van der Waals surface area contributed by atoms with Gasteiger partial charge in [-0.15, -0.1) is 0 Å². The van der Waals surface area contributed by atoms with E-state index in [1.165, 1.54) is 13.3 Å². The molecule has 1 aliphatic carbocycles. The van der Waals surface area contributed by atoms with Crippen molar-refractivity contribution in [2.24, 2.45) is 0 Å². The lowest BCUT2D eigenvalue weighted by Gasteiger charge is -2.31. The summed E-state index contributed by atoms with van der Waals surface area (Å²) < 4.78 is 12.0. The van der Waals surface area contributed by atoms with E-state index < -0.39 is 5.79 Å². The number of hydrogen-bond donors (Lipinski definition) is 2. The van der Waals surface area contributed by atoms with Crippen molar-refractivity contribution in [3.8, 4) is 11.5 Å². The lowest BCUT2D eigenvalue weighted by atomic mass is 9.94. The Kier molecular flexibility index (Phi) is 4.41. The minimum absolute atomic E-state index is 0.140. The number of rotatable bonds is 4. The van der Waals surface area contributed by atoms with E-state index in [4.69, 9.17) is 9.47 Å². The highest BCUT2D eigenvalue weighted by molar-refractivity contribution is 5.91. The van der Waals surface area contributed by atoms with Crippen molar-refractivity contribution in [3.63, 3.8) is 0 Å². The fourth-order valence-electron chi connectivity index (χ4n) is 3.04. The van der Waals surface area contributed by atoms with Crippen molar-refractivity contribution in [2.45, 2.75) is 51.2 Å². The lowest BCUT2D eigenvalue weighted by molar-refractivity contribution is -0.119. The molecule has 1 aromatic rings. The van der Waals surface area contributed by atoms with Crippen molar-refractivity contribution < 1.29 is 19.1 Å². The summed E-state index contributed by atoms with van der Waals surface area (Å²) in [6.07, 6.45) is 5.49. The van der Waals surface area contributed by atoms with Crippen molar-refractivity contribution in [1.29, 1.82) is 0 Å². The minimum atomic E-state index is -0.505. The Labute approximate surface area is 135 Å². The molecular formula is C17H22N2O4. The average Bonchev–Trinajstić information content (AvgIpc) is 2.84. The van der Waals surface area contributed by atoms with Gasteiger partial charge in [0.05, 0.1) is 0 Å². The second-order valence-corrected chi connectivity index (χ2v) is 6.12. The molecule has 1 heterocycles. The number of amides is 2. The molecule has 1 aliphatic heterocycles. The van der Waals surface area contributed by atoms with Crippen LogP contribution in [0.3, 0.4) is 0 Å². The number of hydrogen-bond acceptors (Lipinski definition) is 4. The molecular weight excluding hydrogens is 296 g/mol. The summed E-state index contributed by atoms with van der Waals surface area (Å²) >= 11 is 0. The van der Waals surface area contributed by atoms with Crippen LogP contribution >= 0.6 is 0 Å². The van der Waals surface area contributed by atoms with E-state index in [1.807, 2.05) is 6.07 Å². The number of fused-ring (bicyclic) bond motifs is 1. The van der Waals surface area contributed by atoms with E-state index in [0.717, 1.165) is 31.4 Å². The molecule has 0 saturated heterocycles. The Morgan fingerprint density at radius 2 is 1.87 bits per heavy atom. The Balaban J connectivity index is 1.59. The standard InChI is InChI=1S/C17H22N2O4/c1-12(20)18-10-7-16(21)19-13-5-6-14-15(11-13)23-17(22-14)8-3-2-4-9-17/h5-6,11H,2-4,7-10H2,1H3,(H,18,20)(H,19,21). The normalized spacial score (nSPS) is 17.8. The highest BCUT2D eigenvalue weighted by Gasteiger charge is 2.42. The van der Waals surface area contributed by atoms with Gasteiger partial charge in [0.2, 0.25) is 11.8 Å². The maximum Gasteiger partial charge on any atom is 0.251 e. The predicted molar refractivity (Wildman–Crippen MR) is 85.4 cm³/mol. The van der Waals surface area contributed by atoms with Crippen molar-refractivity contribution in [2.75, 3.05) is 11.9 Å². The molecule has 0 aromatic heterocycles. The van der Waals surface area contributed by atoms with Crippen molar-refractivity contribution in [3.05, 3.63) is 18.2 Å². The maximum absolute atomic E-state index is 11.9. The van der Waals surface area contributed by atoms with Gasteiger partial charge < -0.3 is 20.1 Å². The van der Waals surface area contributed by atoms with Crippen LogP contribution in [0.1, 0.15) is 45.4 Å². The Morgan fingerprint density at radius 1 is 1.13 bits per heavy atom. The van der Waals surface area contributed by atoms with Crippen LogP contribution in [0.4, 0.5) is 5.69 Å². The zero-order valence-corrected chi connectivity index (χ0v) is 13.3. The monoisotopic (exact) mass is 318 g/mol. The molecule has 23 heavy (non-hydrogen) atoms. The summed E-state index contributed by atoms with van der Waals surface area (Å²) in [5.41, 5.74) is 0.674. The Morgan fingerprint density at radius 3 is 2.61 bits per heavy atom. The SMILES string of the molecule is CC(=O)NCCC(=O)Nc1ccc2c(c1)OC1(CCCCC1)O2. The molecule has 6 heteroatoms. The van der Waals surface area contributed by atoms with Crippen LogP contribution in [0.5, 0.6) is 11.5 Å². The molecule has 6 nitrogen and oxygen atoms in total. The molecule has 1 spiro atoms. The molecule has 0 atom stereocenters. The predicted octanol–water partition coefficient (Wildman–Crippen LogP) is 2.58. The van der Waals surface area contributed by atoms with Crippen LogP contribution in [0.15, 0.2) is 18.2 Å². The van der Waals surface area contributed by atoms with Gasteiger partial charge in [0.15, 0.2) is 11.5 Å². The largest absolute Gasteiger partial charge is 0.448 e. The van der Waals surface area contributed by atoms with E-state index >= 15 is 0 Å². The van der Waals surface area contributed by atoms with Gasteiger partial charge in [-0.25, -0.2) is 0 Å². The van der Waals surface area contributed by atoms with Crippen LogP contribution in [-0.4, -0.2) is 24.1 Å². The van der Waals surface area contributed by atoms with Crippen LogP contribution in [-0.2, 0) is 9.59 Å². The van der Waals surface area contributed by atoms with Gasteiger partial charge in [-0.05, 0) is 25.0 Å². The second kappa shape index (κ2) is 6.48. The van der Waals surface area contributed by atoms with Gasteiger partial charge in [0.1, 0.15) is 0 Å². The molecule has 1 fully saturated rings. The molecule has 0 bridgehead atoms. The van der Waals surface area contributed by atoms with Crippen LogP contribution < -0.4 is 20.1 Å². The first kappa shape index (κ1) is 15.6. The van der Waals surface area contributed by atoms with Gasteiger partial charge in [-0.2, -0.15) is 0 Å². The van der Waals surface area contributed by atoms with Crippen LogP contribution in [0, 0.1) is 0 Å². The quantitative estimate of drug-likeness (QED) is 0.894. The van der Waals surface area contributed by atoms with E-state index in [9.17, 15) is 9.59 Å². The van der Waals surface area contributed by atoms with Crippen molar-refractivity contribution in [1.82, 2.24) is 5.32 Å². The molecule has 124 valence electrons. The topological polar surface area (TPSA) is 76.7 Å². The first-order chi connectivity index (χ1) is 11.1. The Hall–Kier alpha value is -2.24. The third-order valence-corrected chi connectivity index (χ3v) is 4.16. The van der Waals surface area contributed by atoms with Crippen LogP contribution in [0.25, 0.3) is 0 Å². The van der Waals surface area contributed by atoms with Gasteiger partial charge in [-0.3, -0.25) is 9.59 Å². The van der Waals surface area contributed by atoms with E-state index in [2.05, 4.69) is 10.6 Å². The number of nitrogens with one attached hydrogen (secondary N) is 2. The smallest absolute Gasteiger partial charge is 0.251 e. The molecule has 1 aromatic carbocycles. The molecule has 3 rings (SSSR count). The lowest BCUT2D eigenvalue weighted by Crippen LogP contribution is -2.40. The summed E-state index contributed by atoms with van der Waals surface area (Å²) in [7, 11) is 0. The molecule has 2 N–H and O–H groups in total. The molecule has 2 amide bonds. The van der Waals surface area contributed by atoms with Gasteiger partial charge in [-0.1, -0.05) is 6.42 Å². The zero-order valence-electron chi connectivity index (χ0n) is 13.3. The number of anilines is 1.